The molecular weight excluding hydrogens is 200 g/mol. The minimum absolute atomic E-state index is 0.276. The molecule has 14 heavy (non-hydrogen) atoms. The van der Waals surface area contributed by atoms with Gasteiger partial charge >= 0.3 is 5.97 Å². The molecule has 1 heterocycles. The molecule has 1 aliphatic rings. The summed E-state index contributed by atoms with van der Waals surface area (Å²) in [7, 11) is 2.02. The van der Waals surface area contributed by atoms with E-state index in [0.29, 0.717) is 6.61 Å². The molecule has 0 aliphatic carbocycles. The second-order valence-corrected chi connectivity index (χ2v) is 3.86. The van der Waals surface area contributed by atoms with Crippen LogP contribution in [0.4, 0.5) is 0 Å². The minimum Gasteiger partial charge on any atom is -0.462 e. The van der Waals surface area contributed by atoms with E-state index in [0.717, 1.165) is 31.5 Å². The number of halogens is 1. The monoisotopic (exact) mass is 215 g/mol. The van der Waals surface area contributed by atoms with Crippen molar-refractivity contribution in [3.8, 4) is 0 Å². The number of piperidine rings is 1. The van der Waals surface area contributed by atoms with Crippen molar-refractivity contribution in [3.63, 3.8) is 0 Å². The average molecular weight is 215 g/mol. The number of rotatable bonds is 2. The maximum atomic E-state index is 11.3. The van der Waals surface area contributed by atoms with Gasteiger partial charge in [-0.15, -0.1) is 0 Å². The van der Waals surface area contributed by atoms with Crippen molar-refractivity contribution in [2.45, 2.75) is 19.8 Å². The molecule has 5 heteroatoms. The zero-order valence-corrected chi connectivity index (χ0v) is 9.43. The van der Waals surface area contributed by atoms with Crippen molar-refractivity contribution in [3.05, 3.63) is 10.6 Å². The van der Waals surface area contributed by atoms with Gasteiger partial charge in [0.1, 0.15) is 5.03 Å². The third kappa shape index (κ3) is 3.03. The van der Waals surface area contributed by atoms with Gasteiger partial charge in [0.15, 0.2) is 7.98 Å². The first kappa shape index (κ1) is 11.6. The fourth-order valence-corrected chi connectivity index (χ4v) is 1.77. The molecule has 78 valence electrons. The standard InChI is InChI=1S/C9H15BClNO2/c1-2-14-9(13)8(11)7-4-3-5-12(10)6-7/h2-6,10H2,1H3. The van der Waals surface area contributed by atoms with Crippen LogP contribution in [0.2, 0.25) is 0 Å². The zero-order valence-electron chi connectivity index (χ0n) is 8.68. The molecule has 1 fully saturated rings. The van der Waals surface area contributed by atoms with Gasteiger partial charge < -0.3 is 9.55 Å². The van der Waals surface area contributed by atoms with Gasteiger partial charge in [0.05, 0.1) is 6.61 Å². The van der Waals surface area contributed by atoms with Gasteiger partial charge in [-0.3, -0.25) is 0 Å². The highest BCUT2D eigenvalue weighted by Gasteiger charge is 2.18. The third-order valence-electron chi connectivity index (χ3n) is 2.24. The highest BCUT2D eigenvalue weighted by atomic mass is 35.5. The van der Waals surface area contributed by atoms with Crippen molar-refractivity contribution >= 4 is 25.6 Å². The van der Waals surface area contributed by atoms with Crippen LogP contribution in [0.1, 0.15) is 19.8 Å². The Morgan fingerprint density at radius 2 is 2.43 bits per heavy atom. The van der Waals surface area contributed by atoms with Gasteiger partial charge in [-0.1, -0.05) is 11.6 Å². The number of hydrogen-bond acceptors (Lipinski definition) is 3. The summed E-state index contributed by atoms with van der Waals surface area (Å²) in [5.41, 5.74) is 0.999. The van der Waals surface area contributed by atoms with Crippen molar-refractivity contribution in [2.75, 3.05) is 19.7 Å². The van der Waals surface area contributed by atoms with E-state index in [1.807, 2.05) is 7.98 Å². The van der Waals surface area contributed by atoms with Crippen molar-refractivity contribution in [2.24, 2.45) is 0 Å². The summed E-state index contributed by atoms with van der Waals surface area (Å²) in [5, 5.41) is 0.276. The van der Waals surface area contributed by atoms with Crippen LogP contribution < -0.4 is 0 Å². The van der Waals surface area contributed by atoms with Crippen LogP contribution in [-0.2, 0) is 9.53 Å². The van der Waals surface area contributed by atoms with E-state index in [4.69, 9.17) is 16.3 Å². The van der Waals surface area contributed by atoms with E-state index in [2.05, 4.69) is 4.81 Å². The Bertz CT molecular complexity index is 255. The molecular formula is C9H15BClNO2. The predicted octanol–water partition coefficient (Wildman–Crippen LogP) is 0.686. The van der Waals surface area contributed by atoms with E-state index in [-0.39, 0.29) is 11.0 Å². The Balaban J connectivity index is 2.66. The quantitative estimate of drug-likeness (QED) is 0.386. The lowest BCUT2D eigenvalue weighted by Gasteiger charge is -2.25. The highest BCUT2D eigenvalue weighted by molar-refractivity contribution is 6.41. The van der Waals surface area contributed by atoms with E-state index in [1.165, 1.54) is 0 Å². The molecule has 1 saturated heterocycles. The zero-order chi connectivity index (χ0) is 10.6. The summed E-state index contributed by atoms with van der Waals surface area (Å²) in [6.45, 7) is 3.99. The second kappa shape index (κ2) is 5.42. The number of nitrogens with zero attached hydrogens (tertiary/aromatic N) is 1. The van der Waals surface area contributed by atoms with Crippen LogP contribution in [0.15, 0.2) is 10.6 Å². The maximum Gasteiger partial charge on any atom is 0.349 e. The van der Waals surface area contributed by atoms with Crippen molar-refractivity contribution in [1.29, 1.82) is 0 Å². The van der Waals surface area contributed by atoms with Crippen LogP contribution in [0.5, 0.6) is 0 Å². The van der Waals surface area contributed by atoms with Crippen LogP contribution >= 0.6 is 11.6 Å². The lowest BCUT2D eigenvalue weighted by Crippen LogP contribution is -2.29. The van der Waals surface area contributed by atoms with E-state index in [9.17, 15) is 4.79 Å². The number of hydrogen-bond donors (Lipinski definition) is 0. The van der Waals surface area contributed by atoms with Crippen molar-refractivity contribution < 1.29 is 9.53 Å². The SMILES string of the molecule is BN1CCCC(=C(Cl)C(=O)OCC)C1. The van der Waals surface area contributed by atoms with E-state index in [1.54, 1.807) is 6.92 Å². The van der Waals surface area contributed by atoms with Crippen LogP contribution in [0.25, 0.3) is 0 Å². The molecule has 0 radical (unpaired) electrons. The molecule has 1 aliphatic heterocycles. The molecule has 0 bridgehead atoms. The predicted molar refractivity (Wildman–Crippen MR) is 58.9 cm³/mol. The largest absolute Gasteiger partial charge is 0.462 e. The molecule has 0 amide bonds. The van der Waals surface area contributed by atoms with Gasteiger partial charge in [0.2, 0.25) is 0 Å². The molecule has 0 aromatic heterocycles. The lowest BCUT2D eigenvalue weighted by atomic mass is 10.0. The second-order valence-electron chi connectivity index (χ2n) is 3.48. The Hall–Kier alpha value is -0.475. The average Bonchev–Trinajstić information content (AvgIpc) is 2.17. The topological polar surface area (TPSA) is 29.5 Å². The molecule has 0 saturated carbocycles. The number of carbonyl (C=O) groups excluding carboxylic acids is 1. The Kier molecular flexibility index (Phi) is 4.49. The molecule has 0 aromatic carbocycles. The van der Waals surface area contributed by atoms with Crippen LogP contribution in [0, 0.1) is 0 Å². The van der Waals surface area contributed by atoms with E-state index >= 15 is 0 Å². The highest BCUT2D eigenvalue weighted by Crippen LogP contribution is 2.21. The lowest BCUT2D eigenvalue weighted by molar-refractivity contribution is -0.137. The van der Waals surface area contributed by atoms with Crippen LogP contribution in [0.3, 0.4) is 0 Å². The normalized spacial score (nSPS) is 21.9. The van der Waals surface area contributed by atoms with Gasteiger partial charge in [0, 0.05) is 6.54 Å². The summed E-state index contributed by atoms with van der Waals surface area (Å²) >= 11 is 5.93. The van der Waals surface area contributed by atoms with Crippen molar-refractivity contribution in [1.82, 2.24) is 4.81 Å². The first-order valence-electron chi connectivity index (χ1n) is 4.88. The summed E-state index contributed by atoms with van der Waals surface area (Å²) in [6.07, 6.45) is 1.96. The maximum absolute atomic E-state index is 11.3. The number of carbonyl (C=O) groups is 1. The van der Waals surface area contributed by atoms with Gasteiger partial charge in [0.25, 0.3) is 0 Å². The summed E-state index contributed by atoms with van der Waals surface area (Å²) in [6, 6.07) is 0. The first-order valence-corrected chi connectivity index (χ1v) is 5.26. The fraction of sp³-hybridized carbons (Fsp3) is 0.667. The third-order valence-corrected chi connectivity index (χ3v) is 2.67. The van der Waals surface area contributed by atoms with Crippen LogP contribution in [-0.4, -0.2) is 38.5 Å². The Morgan fingerprint density at radius 1 is 1.71 bits per heavy atom. The molecule has 0 aromatic rings. The van der Waals surface area contributed by atoms with Gasteiger partial charge in [-0.2, -0.15) is 0 Å². The molecule has 0 atom stereocenters. The summed E-state index contributed by atoms with van der Waals surface area (Å²) in [4.78, 5) is 13.5. The molecule has 3 nitrogen and oxygen atoms in total. The number of ether oxygens (including phenoxy) is 1. The fourth-order valence-electron chi connectivity index (χ4n) is 1.56. The molecule has 0 spiro atoms. The first-order chi connectivity index (χ1) is 6.65. The van der Waals surface area contributed by atoms with E-state index < -0.39 is 0 Å². The Labute approximate surface area is 90.5 Å². The molecule has 0 unspecified atom stereocenters. The summed E-state index contributed by atoms with van der Waals surface area (Å²) in [5.74, 6) is -0.389. The smallest absolute Gasteiger partial charge is 0.349 e. The van der Waals surface area contributed by atoms with Gasteiger partial charge in [-0.25, -0.2) is 4.79 Å². The molecule has 0 N–H and O–H groups in total. The van der Waals surface area contributed by atoms with Gasteiger partial charge in [-0.05, 0) is 31.9 Å². The minimum atomic E-state index is -0.389. The molecule has 1 rings (SSSR count). The number of esters is 1. The summed E-state index contributed by atoms with van der Waals surface area (Å²) < 4.78 is 4.84. The Morgan fingerprint density at radius 3 is 3.00 bits per heavy atom.